The molecule has 0 saturated carbocycles. The number of rotatable bonds is 3. The number of anilines is 1. The summed E-state index contributed by atoms with van der Waals surface area (Å²) in [5, 5.41) is 2.89. The van der Waals surface area contributed by atoms with E-state index < -0.39 is 0 Å². The van der Waals surface area contributed by atoms with E-state index in [0.717, 1.165) is 22.6 Å². The molecule has 0 aliphatic heterocycles. The molecule has 1 amide bonds. The summed E-state index contributed by atoms with van der Waals surface area (Å²) < 4.78 is 2.56. The quantitative estimate of drug-likeness (QED) is 0.565. The number of benzene rings is 1. The molecule has 0 atom stereocenters. The second-order valence-electron chi connectivity index (χ2n) is 5.23. The van der Waals surface area contributed by atoms with Gasteiger partial charge >= 0.3 is 0 Å². The molecule has 1 aromatic carbocycles. The lowest BCUT2D eigenvalue weighted by Crippen LogP contribution is -2.09. The molecule has 3 heterocycles. The lowest BCUT2D eigenvalue weighted by Gasteiger charge is -2.05. The standard InChI is InChI=1S/C18H12ClN3OS/c19-16-8-7-15(24-16)18(23)20-13-5-3-4-12(10-13)14-11-22-9-2-1-6-17(22)21-14/h1-11H,(H,20,23). The third-order valence-corrected chi connectivity index (χ3v) is 4.81. The van der Waals surface area contributed by atoms with Gasteiger partial charge in [-0.2, -0.15) is 0 Å². The molecule has 0 spiro atoms. The van der Waals surface area contributed by atoms with Gasteiger partial charge in [-0.3, -0.25) is 4.79 Å². The number of fused-ring (bicyclic) bond motifs is 1. The number of nitrogens with one attached hydrogen (secondary N) is 1. The molecule has 0 bridgehead atoms. The summed E-state index contributed by atoms with van der Waals surface area (Å²) in [6.07, 6.45) is 3.92. The smallest absolute Gasteiger partial charge is 0.265 e. The van der Waals surface area contributed by atoms with Gasteiger partial charge in [0.1, 0.15) is 5.65 Å². The van der Waals surface area contributed by atoms with Crippen LogP contribution in [0.25, 0.3) is 16.9 Å². The summed E-state index contributed by atoms with van der Waals surface area (Å²) in [5.74, 6) is -0.168. The number of imidazole rings is 1. The Labute approximate surface area is 147 Å². The molecule has 4 aromatic rings. The van der Waals surface area contributed by atoms with E-state index in [-0.39, 0.29) is 5.91 Å². The normalized spacial score (nSPS) is 10.9. The van der Waals surface area contributed by atoms with Crippen molar-refractivity contribution >= 4 is 40.2 Å². The molecule has 6 heteroatoms. The lowest BCUT2D eigenvalue weighted by molar-refractivity contribution is 0.103. The van der Waals surface area contributed by atoms with Crippen LogP contribution in [0.1, 0.15) is 9.67 Å². The number of hydrogen-bond acceptors (Lipinski definition) is 3. The molecule has 0 fully saturated rings. The number of thiophene rings is 1. The van der Waals surface area contributed by atoms with Crippen LogP contribution in [-0.4, -0.2) is 15.3 Å². The first-order chi connectivity index (χ1) is 11.7. The van der Waals surface area contributed by atoms with Crippen molar-refractivity contribution in [3.05, 3.63) is 76.2 Å². The topological polar surface area (TPSA) is 46.4 Å². The fourth-order valence-corrected chi connectivity index (χ4v) is 3.40. The maximum Gasteiger partial charge on any atom is 0.265 e. The molecule has 0 aliphatic carbocycles. The van der Waals surface area contributed by atoms with Crippen LogP contribution in [0.4, 0.5) is 5.69 Å². The first kappa shape index (κ1) is 14.9. The largest absolute Gasteiger partial charge is 0.321 e. The number of halogens is 1. The van der Waals surface area contributed by atoms with E-state index >= 15 is 0 Å². The molecule has 4 rings (SSSR count). The third kappa shape index (κ3) is 2.91. The first-order valence-electron chi connectivity index (χ1n) is 7.30. The van der Waals surface area contributed by atoms with E-state index in [2.05, 4.69) is 10.3 Å². The van der Waals surface area contributed by atoms with E-state index in [4.69, 9.17) is 11.6 Å². The maximum atomic E-state index is 12.2. The molecule has 1 N–H and O–H groups in total. The van der Waals surface area contributed by atoms with Gasteiger partial charge in [-0.15, -0.1) is 11.3 Å². The number of aromatic nitrogens is 2. The molecule has 0 saturated heterocycles. The zero-order chi connectivity index (χ0) is 16.5. The number of pyridine rings is 1. The maximum absolute atomic E-state index is 12.2. The molecule has 4 nitrogen and oxygen atoms in total. The zero-order valence-corrected chi connectivity index (χ0v) is 14.0. The monoisotopic (exact) mass is 353 g/mol. The van der Waals surface area contributed by atoms with Crippen LogP contribution in [0.15, 0.2) is 67.0 Å². The number of hydrogen-bond donors (Lipinski definition) is 1. The number of nitrogens with zero attached hydrogens (tertiary/aromatic N) is 2. The average Bonchev–Trinajstić information content (AvgIpc) is 3.21. The van der Waals surface area contributed by atoms with E-state index in [0.29, 0.717) is 9.21 Å². The Bertz CT molecular complexity index is 1000. The van der Waals surface area contributed by atoms with E-state index in [1.807, 2.05) is 59.3 Å². The van der Waals surface area contributed by atoms with Crippen molar-refractivity contribution in [3.8, 4) is 11.3 Å². The van der Waals surface area contributed by atoms with Gasteiger partial charge in [-0.25, -0.2) is 4.98 Å². The third-order valence-electron chi connectivity index (χ3n) is 3.58. The minimum atomic E-state index is -0.168. The van der Waals surface area contributed by atoms with Crippen LogP contribution in [0.3, 0.4) is 0 Å². The SMILES string of the molecule is O=C(Nc1cccc(-c2cn3ccccc3n2)c1)c1ccc(Cl)s1. The Balaban J connectivity index is 1.62. The van der Waals surface area contributed by atoms with E-state index in [1.165, 1.54) is 11.3 Å². The highest BCUT2D eigenvalue weighted by Crippen LogP contribution is 2.25. The van der Waals surface area contributed by atoms with Crippen molar-refractivity contribution in [3.63, 3.8) is 0 Å². The Morgan fingerprint density at radius 1 is 1.12 bits per heavy atom. The number of amides is 1. The lowest BCUT2D eigenvalue weighted by atomic mass is 10.1. The fourth-order valence-electron chi connectivity index (χ4n) is 2.46. The molecule has 0 radical (unpaired) electrons. The van der Waals surface area contributed by atoms with Crippen molar-refractivity contribution in [1.29, 1.82) is 0 Å². The van der Waals surface area contributed by atoms with Crippen LogP contribution in [0.5, 0.6) is 0 Å². The highest BCUT2D eigenvalue weighted by Gasteiger charge is 2.10. The molecule has 24 heavy (non-hydrogen) atoms. The van der Waals surface area contributed by atoms with Gasteiger partial charge in [0.15, 0.2) is 0 Å². The van der Waals surface area contributed by atoms with Crippen molar-refractivity contribution in [2.75, 3.05) is 5.32 Å². The highest BCUT2D eigenvalue weighted by molar-refractivity contribution is 7.18. The second kappa shape index (κ2) is 6.11. The van der Waals surface area contributed by atoms with Crippen molar-refractivity contribution in [1.82, 2.24) is 9.38 Å². The molecule has 0 aliphatic rings. The van der Waals surface area contributed by atoms with Gasteiger partial charge in [-0.05, 0) is 36.4 Å². The van der Waals surface area contributed by atoms with Gasteiger partial charge in [0.05, 0.1) is 14.9 Å². The summed E-state index contributed by atoms with van der Waals surface area (Å²) >= 11 is 7.14. The Hall–Kier alpha value is -2.63. The molecular weight excluding hydrogens is 342 g/mol. The molecule has 0 unspecified atom stereocenters. The van der Waals surface area contributed by atoms with Gasteiger partial charge < -0.3 is 9.72 Å². The summed E-state index contributed by atoms with van der Waals surface area (Å²) in [5.41, 5.74) is 3.41. The summed E-state index contributed by atoms with van der Waals surface area (Å²) in [4.78, 5) is 17.4. The van der Waals surface area contributed by atoms with Crippen LogP contribution in [0.2, 0.25) is 4.34 Å². The van der Waals surface area contributed by atoms with Crippen molar-refractivity contribution < 1.29 is 4.79 Å². The van der Waals surface area contributed by atoms with Gasteiger partial charge in [0, 0.05) is 23.6 Å². The van der Waals surface area contributed by atoms with Crippen molar-refractivity contribution in [2.45, 2.75) is 0 Å². The first-order valence-corrected chi connectivity index (χ1v) is 8.49. The van der Waals surface area contributed by atoms with E-state index in [9.17, 15) is 4.79 Å². The minimum absolute atomic E-state index is 0.168. The summed E-state index contributed by atoms with van der Waals surface area (Å²) in [6.45, 7) is 0. The summed E-state index contributed by atoms with van der Waals surface area (Å²) in [6, 6.07) is 16.9. The van der Waals surface area contributed by atoms with E-state index in [1.54, 1.807) is 12.1 Å². The highest BCUT2D eigenvalue weighted by atomic mass is 35.5. The molecular formula is C18H12ClN3OS. The van der Waals surface area contributed by atoms with Crippen molar-refractivity contribution in [2.24, 2.45) is 0 Å². The Morgan fingerprint density at radius 3 is 2.83 bits per heavy atom. The van der Waals surface area contributed by atoms with Crippen LogP contribution >= 0.6 is 22.9 Å². The Morgan fingerprint density at radius 2 is 2.04 bits per heavy atom. The Kier molecular flexibility index (Phi) is 3.80. The number of carbonyl (C=O) groups is 1. The fraction of sp³-hybridized carbons (Fsp3) is 0. The molecule has 3 aromatic heterocycles. The summed E-state index contributed by atoms with van der Waals surface area (Å²) in [7, 11) is 0. The number of carbonyl (C=O) groups excluding carboxylic acids is 1. The van der Waals surface area contributed by atoms with Gasteiger partial charge in [0.2, 0.25) is 0 Å². The predicted molar refractivity (Wildman–Crippen MR) is 97.9 cm³/mol. The van der Waals surface area contributed by atoms with Crippen LogP contribution in [0, 0.1) is 0 Å². The second-order valence-corrected chi connectivity index (χ2v) is 6.95. The van der Waals surface area contributed by atoms with Gasteiger partial charge in [-0.1, -0.05) is 29.8 Å². The van der Waals surface area contributed by atoms with Gasteiger partial charge in [0.25, 0.3) is 5.91 Å². The minimum Gasteiger partial charge on any atom is -0.321 e. The molecule has 118 valence electrons. The van der Waals surface area contributed by atoms with Crippen LogP contribution < -0.4 is 5.32 Å². The average molecular weight is 354 g/mol. The predicted octanol–water partition coefficient (Wildman–Crippen LogP) is 4.97. The van der Waals surface area contributed by atoms with Crippen LogP contribution in [-0.2, 0) is 0 Å². The zero-order valence-electron chi connectivity index (χ0n) is 12.4.